The number of nitrogens with one attached hydrogen (secondary N) is 1. The van der Waals surface area contributed by atoms with E-state index in [0.29, 0.717) is 12.1 Å². The maximum Gasteiger partial charge on any atom is 0.184 e. The average Bonchev–Trinajstić information content (AvgIpc) is 2.75. The molecule has 102 valence electrons. The first-order valence-corrected chi connectivity index (χ1v) is 8.25. The molecule has 2 unspecified atom stereocenters. The Balaban J connectivity index is 1.74. The second-order valence-corrected chi connectivity index (χ2v) is 7.27. The molecule has 0 bridgehead atoms. The first kappa shape index (κ1) is 13.3. The fraction of sp³-hybridized carbons (Fsp3) is 0.500. The number of fused-ring (bicyclic) bond motifs is 1. The number of nitrogens with zero attached hydrogens (tertiary/aromatic N) is 2. The normalized spacial score (nSPS) is 24.8. The molecule has 1 aliphatic heterocycles. The first-order valence-electron chi connectivity index (χ1n) is 6.64. The molecular formula is C14H18BrN3S. The van der Waals surface area contributed by atoms with E-state index in [1.54, 1.807) is 11.3 Å². The minimum absolute atomic E-state index is 0.551. The van der Waals surface area contributed by atoms with Crippen molar-refractivity contribution in [2.75, 3.05) is 18.9 Å². The number of thiazole rings is 1. The number of anilines is 1. The summed E-state index contributed by atoms with van der Waals surface area (Å²) >= 11 is 5.25. The van der Waals surface area contributed by atoms with Crippen LogP contribution >= 0.6 is 27.3 Å². The molecule has 5 heteroatoms. The Kier molecular flexibility index (Phi) is 3.78. The van der Waals surface area contributed by atoms with Crippen molar-refractivity contribution in [1.29, 1.82) is 0 Å². The summed E-state index contributed by atoms with van der Waals surface area (Å²) in [7, 11) is 2.20. The molecule has 2 heterocycles. The van der Waals surface area contributed by atoms with E-state index in [1.165, 1.54) is 17.5 Å². The Bertz CT molecular complexity index is 583. The van der Waals surface area contributed by atoms with Crippen LogP contribution in [0.3, 0.4) is 0 Å². The van der Waals surface area contributed by atoms with E-state index in [9.17, 15) is 0 Å². The molecule has 1 aromatic heterocycles. The molecule has 19 heavy (non-hydrogen) atoms. The zero-order valence-electron chi connectivity index (χ0n) is 11.2. The Labute approximate surface area is 126 Å². The lowest BCUT2D eigenvalue weighted by Crippen LogP contribution is -2.42. The zero-order chi connectivity index (χ0) is 13.4. The molecule has 0 aliphatic carbocycles. The summed E-state index contributed by atoms with van der Waals surface area (Å²) in [5, 5.41) is 4.66. The molecule has 1 aromatic carbocycles. The van der Waals surface area contributed by atoms with Gasteiger partial charge < -0.3 is 10.2 Å². The highest BCUT2D eigenvalue weighted by molar-refractivity contribution is 9.10. The van der Waals surface area contributed by atoms with E-state index in [1.807, 2.05) is 6.07 Å². The highest BCUT2D eigenvalue weighted by Gasteiger charge is 2.23. The number of hydrogen-bond donors (Lipinski definition) is 1. The largest absolute Gasteiger partial charge is 0.359 e. The summed E-state index contributed by atoms with van der Waals surface area (Å²) in [6.07, 6.45) is 2.39. The van der Waals surface area contributed by atoms with Gasteiger partial charge in [-0.3, -0.25) is 0 Å². The summed E-state index contributed by atoms with van der Waals surface area (Å²) in [4.78, 5) is 7.09. The van der Waals surface area contributed by atoms with Crippen LogP contribution in [0.2, 0.25) is 0 Å². The Morgan fingerprint density at radius 2 is 2.32 bits per heavy atom. The molecule has 0 amide bonds. The average molecular weight is 340 g/mol. The predicted molar refractivity (Wildman–Crippen MR) is 86.1 cm³/mol. The number of rotatable bonds is 2. The van der Waals surface area contributed by atoms with Gasteiger partial charge in [0.05, 0.1) is 10.2 Å². The van der Waals surface area contributed by atoms with Crippen molar-refractivity contribution in [3.05, 3.63) is 22.7 Å². The maximum atomic E-state index is 4.66. The van der Waals surface area contributed by atoms with Crippen LogP contribution in [-0.4, -0.2) is 35.6 Å². The van der Waals surface area contributed by atoms with Crippen molar-refractivity contribution in [2.45, 2.75) is 31.8 Å². The van der Waals surface area contributed by atoms with Gasteiger partial charge in [0, 0.05) is 23.1 Å². The van der Waals surface area contributed by atoms with Crippen molar-refractivity contribution in [3.63, 3.8) is 0 Å². The van der Waals surface area contributed by atoms with Crippen LogP contribution in [-0.2, 0) is 0 Å². The van der Waals surface area contributed by atoms with Crippen LogP contribution in [0.1, 0.15) is 19.8 Å². The quantitative estimate of drug-likeness (QED) is 0.897. The molecule has 0 spiro atoms. The van der Waals surface area contributed by atoms with Crippen LogP contribution in [0.25, 0.3) is 10.2 Å². The predicted octanol–water partition coefficient (Wildman–Crippen LogP) is 3.95. The highest BCUT2D eigenvalue weighted by atomic mass is 79.9. The van der Waals surface area contributed by atoms with Crippen molar-refractivity contribution in [2.24, 2.45) is 0 Å². The van der Waals surface area contributed by atoms with Gasteiger partial charge in [-0.1, -0.05) is 27.3 Å². The van der Waals surface area contributed by atoms with Crippen molar-refractivity contribution in [1.82, 2.24) is 9.88 Å². The molecule has 3 rings (SSSR count). The fourth-order valence-electron chi connectivity index (χ4n) is 2.56. The number of piperidine rings is 1. The van der Waals surface area contributed by atoms with E-state index in [0.717, 1.165) is 21.7 Å². The molecule has 1 fully saturated rings. The standard InChI is InChI=1S/C14H18BrN3S/c1-9-7-11(5-6-18(9)2)16-14-17-12-4-3-10(15)8-13(12)19-14/h3-4,8-9,11H,5-7H2,1-2H3,(H,16,17). The summed E-state index contributed by atoms with van der Waals surface area (Å²) in [6, 6.07) is 7.45. The minimum Gasteiger partial charge on any atom is -0.359 e. The molecule has 2 atom stereocenters. The Morgan fingerprint density at radius 3 is 3.11 bits per heavy atom. The van der Waals surface area contributed by atoms with E-state index in [2.05, 4.69) is 57.2 Å². The molecular weight excluding hydrogens is 322 g/mol. The first-order chi connectivity index (χ1) is 9.11. The van der Waals surface area contributed by atoms with E-state index in [4.69, 9.17) is 0 Å². The van der Waals surface area contributed by atoms with E-state index < -0.39 is 0 Å². The maximum absolute atomic E-state index is 4.66. The molecule has 0 saturated carbocycles. The van der Waals surface area contributed by atoms with Crippen LogP contribution in [0.15, 0.2) is 22.7 Å². The van der Waals surface area contributed by atoms with Gasteiger partial charge >= 0.3 is 0 Å². The third kappa shape index (κ3) is 2.93. The van der Waals surface area contributed by atoms with Gasteiger partial charge in [0.1, 0.15) is 0 Å². The lowest BCUT2D eigenvalue weighted by Gasteiger charge is -2.35. The third-order valence-corrected chi connectivity index (χ3v) is 5.33. The second kappa shape index (κ2) is 5.38. The third-order valence-electron chi connectivity index (χ3n) is 3.89. The van der Waals surface area contributed by atoms with Gasteiger partial charge in [0.15, 0.2) is 5.13 Å². The van der Waals surface area contributed by atoms with Gasteiger partial charge in [0.2, 0.25) is 0 Å². The molecule has 0 radical (unpaired) electrons. The Morgan fingerprint density at radius 1 is 1.47 bits per heavy atom. The van der Waals surface area contributed by atoms with Gasteiger partial charge in [-0.2, -0.15) is 0 Å². The van der Waals surface area contributed by atoms with Crippen molar-refractivity contribution in [3.8, 4) is 0 Å². The van der Waals surface area contributed by atoms with Gasteiger partial charge in [0.25, 0.3) is 0 Å². The van der Waals surface area contributed by atoms with Crippen LogP contribution in [0.4, 0.5) is 5.13 Å². The number of halogens is 1. The smallest absolute Gasteiger partial charge is 0.184 e. The van der Waals surface area contributed by atoms with Gasteiger partial charge in [-0.05, 0) is 45.0 Å². The lowest BCUT2D eigenvalue weighted by molar-refractivity contribution is 0.190. The molecule has 3 nitrogen and oxygen atoms in total. The number of benzene rings is 1. The summed E-state index contributed by atoms with van der Waals surface area (Å²) in [5.41, 5.74) is 1.08. The number of hydrogen-bond acceptors (Lipinski definition) is 4. The molecule has 2 aromatic rings. The van der Waals surface area contributed by atoms with E-state index >= 15 is 0 Å². The zero-order valence-corrected chi connectivity index (χ0v) is 13.6. The molecule has 1 N–H and O–H groups in total. The Hall–Kier alpha value is -0.650. The number of likely N-dealkylation sites (tertiary alicyclic amines) is 1. The second-order valence-electron chi connectivity index (χ2n) is 5.33. The van der Waals surface area contributed by atoms with Gasteiger partial charge in [-0.15, -0.1) is 0 Å². The fourth-order valence-corrected chi connectivity index (χ4v) is 4.05. The van der Waals surface area contributed by atoms with Crippen molar-refractivity contribution >= 4 is 42.6 Å². The minimum atomic E-state index is 0.551. The number of aromatic nitrogens is 1. The van der Waals surface area contributed by atoms with Crippen LogP contribution in [0, 0.1) is 0 Å². The molecule has 1 saturated heterocycles. The SMILES string of the molecule is CC1CC(Nc2nc3ccc(Br)cc3s2)CCN1C. The molecule has 1 aliphatic rings. The van der Waals surface area contributed by atoms with Crippen molar-refractivity contribution < 1.29 is 0 Å². The van der Waals surface area contributed by atoms with Gasteiger partial charge in [-0.25, -0.2) is 4.98 Å². The topological polar surface area (TPSA) is 28.2 Å². The summed E-state index contributed by atoms with van der Waals surface area (Å²) < 4.78 is 2.35. The highest BCUT2D eigenvalue weighted by Crippen LogP contribution is 2.30. The summed E-state index contributed by atoms with van der Waals surface area (Å²) in [5.74, 6) is 0. The van der Waals surface area contributed by atoms with Crippen LogP contribution < -0.4 is 5.32 Å². The van der Waals surface area contributed by atoms with E-state index in [-0.39, 0.29) is 0 Å². The lowest BCUT2D eigenvalue weighted by atomic mass is 9.99. The van der Waals surface area contributed by atoms with Crippen LogP contribution in [0.5, 0.6) is 0 Å². The summed E-state index contributed by atoms with van der Waals surface area (Å²) in [6.45, 7) is 3.46. The monoisotopic (exact) mass is 339 g/mol.